The SMILES string of the molecule is Cc1ccc(NC(=O)Cn2c(=O)n(Cc3ccc4c(c3)OCO4)c(=O)c3ccc(C(=O)CC4CCCCC4)cc32)c(C)c1. The Bertz CT molecular complexity index is 1850. The fourth-order valence-corrected chi connectivity index (χ4v) is 6.16. The van der Waals surface area contributed by atoms with E-state index >= 15 is 0 Å². The first kappa shape index (κ1) is 28.5. The Morgan fingerprint density at radius 2 is 1.67 bits per heavy atom. The van der Waals surface area contributed by atoms with Gasteiger partial charge in [0.25, 0.3) is 5.56 Å². The fourth-order valence-electron chi connectivity index (χ4n) is 6.16. The van der Waals surface area contributed by atoms with E-state index in [0.29, 0.717) is 40.7 Å². The minimum Gasteiger partial charge on any atom is -0.454 e. The van der Waals surface area contributed by atoms with Gasteiger partial charge in [0, 0.05) is 17.7 Å². The largest absolute Gasteiger partial charge is 0.454 e. The Labute approximate surface area is 249 Å². The molecule has 1 fully saturated rings. The Balaban J connectivity index is 1.39. The van der Waals surface area contributed by atoms with E-state index in [9.17, 15) is 19.2 Å². The molecule has 9 heteroatoms. The second kappa shape index (κ2) is 11.9. The van der Waals surface area contributed by atoms with Gasteiger partial charge in [0.2, 0.25) is 12.7 Å². The lowest BCUT2D eigenvalue weighted by Gasteiger charge is -2.21. The van der Waals surface area contributed by atoms with Crippen LogP contribution in [0.25, 0.3) is 10.9 Å². The summed E-state index contributed by atoms with van der Waals surface area (Å²) in [6.07, 6.45) is 5.97. The quantitative estimate of drug-likeness (QED) is 0.281. The van der Waals surface area contributed by atoms with Gasteiger partial charge in [0.1, 0.15) is 6.54 Å². The summed E-state index contributed by atoms with van der Waals surface area (Å²) in [5.74, 6) is 1.05. The van der Waals surface area contributed by atoms with Crippen LogP contribution in [0.4, 0.5) is 5.69 Å². The molecule has 222 valence electrons. The van der Waals surface area contributed by atoms with Crippen LogP contribution >= 0.6 is 0 Å². The molecule has 43 heavy (non-hydrogen) atoms. The lowest BCUT2D eigenvalue weighted by atomic mass is 9.85. The third kappa shape index (κ3) is 5.98. The van der Waals surface area contributed by atoms with Crippen molar-refractivity contribution in [1.82, 2.24) is 9.13 Å². The molecule has 0 unspecified atom stereocenters. The van der Waals surface area contributed by atoms with Gasteiger partial charge in [0.05, 0.1) is 17.4 Å². The number of Topliss-reactive ketones (excluding diaryl/α,β-unsaturated/α-hetero) is 1. The Hall–Kier alpha value is -4.66. The van der Waals surface area contributed by atoms with Gasteiger partial charge in [-0.3, -0.25) is 23.5 Å². The van der Waals surface area contributed by atoms with Gasteiger partial charge in [-0.05, 0) is 61.2 Å². The van der Waals surface area contributed by atoms with Crippen LogP contribution in [0, 0.1) is 19.8 Å². The van der Waals surface area contributed by atoms with Crippen molar-refractivity contribution in [3.63, 3.8) is 0 Å². The Morgan fingerprint density at radius 1 is 0.884 bits per heavy atom. The van der Waals surface area contributed by atoms with Crippen molar-refractivity contribution in [1.29, 1.82) is 0 Å². The zero-order chi connectivity index (χ0) is 30.1. The van der Waals surface area contributed by atoms with Gasteiger partial charge in [-0.25, -0.2) is 4.79 Å². The molecule has 0 saturated heterocycles. The van der Waals surface area contributed by atoms with Crippen molar-refractivity contribution in [3.8, 4) is 11.5 Å². The van der Waals surface area contributed by atoms with Crippen molar-refractivity contribution < 1.29 is 19.1 Å². The topological polar surface area (TPSA) is 109 Å². The molecule has 0 atom stereocenters. The van der Waals surface area contributed by atoms with Gasteiger partial charge < -0.3 is 14.8 Å². The number of amides is 1. The normalized spacial score (nSPS) is 14.7. The maximum Gasteiger partial charge on any atom is 0.332 e. The van der Waals surface area contributed by atoms with Crippen molar-refractivity contribution in [2.45, 2.75) is 65.5 Å². The van der Waals surface area contributed by atoms with Gasteiger partial charge in [-0.15, -0.1) is 0 Å². The second-order valence-electron chi connectivity index (χ2n) is 11.7. The molecular formula is C34H35N3O6. The summed E-state index contributed by atoms with van der Waals surface area (Å²) in [6.45, 7) is 3.63. The third-order valence-electron chi connectivity index (χ3n) is 8.48. The highest BCUT2D eigenvalue weighted by Gasteiger charge is 2.22. The van der Waals surface area contributed by atoms with Crippen LogP contribution in [0.15, 0.2) is 64.2 Å². The summed E-state index contributed by atoms with van der Waals surface area (Å²) >= 11 is 0. The highest BCUT2D eigenvalue weighted by molar-refractivity contribution is 5.99. The molecule has 2 aliphatic rings. The average Bonchev–Trinajstić information content (AvgIpc) is 3.47. The number of carbonyl (C=O) groups excluding carboxylic acids is 2. The first-order chi connectivity index (χ1) is 20.8. The van der Waals surface area contributed by atoms with E-state index in [1.54, 1.807) is 36.4 Å². The highest BCUT2D eigenvalue weighted by atomic mass is 16.7. The first-order valence-corrected chi connectivity index (χ1v) is 14.8. The molecule has 3 aromatic carbocycles. The minimum absolute atomic E-state index is 0.0166. The molecular weight excluding hydrogens is 546 g/mol. The van der Waals surface area contributed by atoms with Crippen LogP contribution < -0.4 is 26.0 Å². The van der Waals surface area contributed by atoms with Crippen LogP contribution in [0.5, 0.6) is 11.5 Å². The molecule has 1 amide bonds. The van der Waals surface area contributed by atoms with E-state index < -0.39 is 17.2 Å². The van der Waals surface area contributed by atoms with E-state index in [2.05, 4.69) is 5.32 Å². The molecule has 9 nitrogen and oxygen atoms in total. The van der Waals surface area contributed by atoms with Crippen LogP contribution in [-0.2, 0) is 17.9 Å². The highest BCUT2D eigenvalue weighted by Crippen LogP contribution is 2.32. The maximum absolute atomic E-state index is 13.9. The number of fused-ring (bicyclic) bond motifs is 2. The number of nitrogens with zero attached hydrogens (tertiary/aromatic N) is 2. The van der Waals surface area contributed by atoms with Gasteiger partial charge in [-0.2, -0.15) is 0 Å². The number of benzene rings is 3. The first-order valence-electron chi connectivity index (χ1n) is 14.8. The number of aryl methyl sites for hydroxylation is 2. The fraction of sp³-hybridized carbons (Fsp3) is 0.353. The molecule has 6 rings (SSSR count). The summed E-state index contributed by atoms with van der Waals surface area (Å²) in [6, 6.07) is 15.8. The summed E-state index contributed by atoms with van der Waals surface area (Å²) in [5, 5.41) is 3.16. The van der Waals surface area contributed by atoms with Crippen LogP contribution in [0.1, 0.15) is 65.6 Å². The third-order valence-corrected chi connectivity index (χ3v) is 8.48. The smallest absolute Gasteiger partial charge is 0.332 e. The lowest BCUT2D eigenvalue weighted by molar-refractivity contribution is -0.116. The summed E-state index contributed by atoms with van der Waals surface area (Å²) in [5.41, 5.74) is 2.86. The zero-order valence-corrected chi connectivity index (χ0v) is 24.5. The second-order valence-corrected chi connectivity index (χ2v) is 11.7. The Kier molecular flexibility index (Phi) is 7.88. The van der Waals surface area contributed by atoms with Crippen molar-refractivity contribution in [2.75, 3.05) is 12.1 Å². The van der Waals surface area contributed by atoms with Crippen molar-refractivity contribution >= 4 is 28.3 Å². The predicted octanol–water partition coefficient (Wildman–Crippen LogP) is 5.35. The number of nitrogens with one attached hydrogen (secondary N) is 1. The van der Waals surface area contributed by atoms with E-state index in [1.807, 2.05) is 32.0 Å². The molecule has 1 aromatic heterocycles. The molecule has 4 aromatic rings. The van der Waals surface area contributed by atoms with E-state index in [-0.39, 0.29) is 36.6 Å². The molecule has 0 bridgehead atoms. The minimum atomic E-state index is -0.636. The molecule has 1 N–H and O–H groups in total. The predicted molar refractivity (Wildman–Crippen MR) is 164 cm³/mol. The number of rotatable bonds is 8. The molecule has 1 aliphatic heterocycles. The number of hydrogen-bond acceptors (Lipinski definition) is 6. The average molecular weight is 582 g/mol. The lowest BCUT2D eigenvalue weighted by Crippen LogP contribution is -2.42. The van der Waals surface area contributed by atoms with Crippen molar-refractivity contribution in [2.24, 2.45) is 5.92 Å². The Morgan fingerprint density at radius 3 is 2.47 bits per heavy atom. The zero-order valence-electron chi connectivity index (χ0n) is 24.5. The van der Waals surface area contributed by atoms with E-state index in [1.165, 1.54) is 11.0 Å². The van der Waals surface area contributed by atoms with Crippen LogP contribution in [0.3, 0.4) is 0 Å². The molecule has 1 saturated carbocycles. The van der Waals surface area contributed by atoms with Gasteiger partial charge in [0.15, 0.2) is 17.3 Å². The van der Waals surface area contributed by atoms with Gasteiger partial charge in [-0.1, -0.05) is 61.9 Å². The monoisotopic (exact) mass is 581 g/mol. The summed E-state index contributed by atoms with van der Waals surface area (Å²) in [7, 11) is 0. The number of ether oxygens (including phenoxy) is 2. The van der Waals surface area contributed by atoms with Crippen LogP contribution in [-0.4, -0.2) is 27.6 Å². The maximum atomic E-state index is 13.9. The molecule has 2 heterocycles. The van der Waals surface area contributed by atoms with E-state index in [0.717, 1.165) is 41.4 Å². The number of hydrogen-bond donors (Lipinski definition) is 1. The number of carbonyl (C=O) groups is 2. The summed E-state index contributed by atoms with van der Waals surface area (Å²) < 4.78 is 13.3. The molecule has 0 radical (unpaired) electrons. The summed E-state index contributed by atoms with van der Waals surface area (Å²) in [4.78, 5) is 54.3. The molecule has 1 aliphatic carbocycles. The van der Waals surface area contributed by atoms with Crippen LogP contribution in [0.2, 0.25) is 0 Å². The molecule has 0 spiro atoms. The number of anilines is 1. The van der Waals surface area contributed by atoms with E-state index in [4.69, 9.17) is 9.47 Å². The number of aromatic nitrogens is 2. The van der Waals surface area contributed by atoms with Crippen molar-refractivity contribution in [3.05, 3.63) is 97.7 Å². The van der Waals surface area contributed by atoms with Gasteiger partial charge >= 0.3 is 5.69 Å². The standard InChI is InChI=1S/C34H35N3O6/c1-21-8-12-27(22(2)14-21)35-32(39)19-36-28-17-25(29(38)15-23-6-4-3-5-7-23)10-11-26(28)33(40)37(34(36)41)18-24-9-13-30-31(16-24)43-20-42-30/h8-14,16-17,23H,3-7,15,18-20H2,1-2H3,(H,35,39). The number of ketones is 1.